The molecule has 2 N–H and O–H groups in total. The van der Waals surface area contributed by atoms with Gasteiger partial charge in [0.25, 0.3) is 5.91 Å². The van der Waals surface area contributed by atoms with E-state index in [1.54, 1.807) is 29.2 Å². The molecule has 1 amide bonds. The highest BCUT2D eigenvalue weighted by Crippen LogP contribution is 2.14. The summed E-state index contributed by atoms with van der Waals surface area (Å²) < 4.78 is 1.65. The highest BCUT2D eigenvalue weighted by Gasteiger charge is 2.16. The molecule has 5 nitrogen and oxygen atoms in total. The average Bonchev–Trinajstić information content (AvgIpc) is 3.16. The molecular weight excluding hydrogens is 323 g/mol. The zero-order valence-corrected chi connectivity index (χ0v) is 13.5. The molecule has 0 spiro atoms. The minimum Gasteiger partial charge on any atom is -0.350 e. The van der Waals surface area contributed by atoms with Gasteiger partial charge in [0, 0.05) is 23.8 Å². The second-order valence-electron chi connectivity index (χ2n) is 5.16. The van der Waals surface area contributed by atoms with Crippen molar-refractivity contribution in [2.24, 2.45) is 0 Å². The summed E-state index contributed by atoms with van der Waals surface area (Å²) in [6.45, 7) is 1.69. The van der Waals surface area contributed by atoms with Gasteiger partial charge in [0.05, 0.1) is 17.4 Å². The molecule has 1 atom stereocenters. The molecule has 1 aliphatic rings. The van der Waals surface area contributed by atoms with Crippen LogP contribution in [0.2, 0.25) is 5.02 Å². The van der Waals surface area contributed by atoms with Crippen LogP contribution in [0.25, 0.3) is 5.69 Å². The fraction of sp³-hybridized carbons (Fsp3) is 0.333. The third-order valence-corrected chi connectivity index (χ3v) is 3.82. The van der Waals surface area contributed by atoms with Crippen LogP contribution < -0.4 is 10.6 Å². The fourth-order valence-electron chi connectivity index (χ4n) is 2.45. The molecular formula is C15H18Cl2N4O. The number of nitrogens with zero attached hydrogens (tertiary/aromatic N) is 2. The first-order valence-electron chi connectivity index (χ1n) is 7.04. The summed E-state index contributed by atoms with van der Waals surface area (Å²) in [6.07, 6.45) is 5.57. The Hall–Kier alpha value is -1.56. The first-order chi connectivity index (χ1) is 10.2. The maximum absolute atomic E-state index is 12.1. The standard InChI is InChI=1S/C15H17ClN4O.ClH/c16-12-3-1-5-14(7-12)20-10-11(8-19-20)15(21)18-9-13-4-2-6-17-13;/h1,3,5,7-8,10,13,17H,2,4,6,9H2,(H,18,21);1H. The predicted octanol–water partition coefficient (Wildman–Crippen LogP) is 2.43. The number of benzene rings is 1. The Balaban J connectivity index is 0.00000176. The summed E-state index contributed by atoms with van der Waals surface area (Å²) in [7, 11) is 0. The van der Waals surface area contributed by atoms with Gasteiger partial charge in [0.2, 0.25) is 0 Å². The van der Waals surface area contributed by atoms with Crippen LogP contribution in [0.3, 0.4) is 0 Å². The molecule has 22 heavy (non-hydrogen) atoms. The van der Waals surface area contributed by atoms with Crippen LogP contribution in [-0.4, -0.2) is 34.8 Å². The van der Waals surface area contributed by atoms with Crippen molar-refractivity contribution in [1.82, 2.24) is 20.4 Å². The van der Waals surface area contributed by atoms with E-state index in [0.29, 0.717) is 23.2 Å². The van der Waals surface area contributed by atoms with Crippen molar-refractivity contribution in [2.75, 3.05) is 13.1 Å². The molecule has 0 saturated carbocycles. The fourth-order valence-corrected chi connectivity index (χ4v) is 2.63. The predicted molar refractivity (Wildman–Crippen MR) is 89.2 cm³/mol. The number of halogens is 2. The maximum atomic E-state index is 12.1. The van der Waals surface area contributed by atoms with Crippen molar-refractivity contribution in [3.05, 3.63) is 47.2 Å². The first kappa shape index (κ1) is 16.8. The lowest BCUT2D eigenvalue weighted by Crippen LogP contribution is -2.37. The summed E-state index contributed by atoms with van der Waals surface area (Å²) in [5.74, 6) is -0.100. The Kier molecular flexibility index (Phi) is 5.83. The molecule has 0 radical (unpaired) electrons. The zero-order chi connectivity index (χ0) is 14.7. The van der Waals surface area contributed by atoms with Crippen LogP contribution in [-0.2, 0) is 0 Å². The van der Waals surface area contributed by atoms with Gasteiger partial charge < -0.3 is 10.6 Å². The van der Waals surface area contributed by atoms with Gasteiger partial charge in [-0.2, -0.15) is 5.10 Å². The number of carbonyl (C=O) groups is 1. The highest BCUT2D eigenvalue weighted by atomic mass is 35.5. The molecule has 118 valence electrons. The van der Waals surface area contributed by atoms with Crippen molar-refractivity contribution in [2.45, 2.75) is 18.9 Å². The number of rotatable bonds is 4. The van der Waals surface area contributed by atoms with Gasteiger partial charge in [-0.1, -0.05) is 17.7 Å². The van der Waals surface area contributed by atoms with Crippen LogP contribution >= 0.6 is 24.0 Å². The lowest BCUT2D eigenvalue weighted by Gasteiger charge is -2.10. The minimum atomic E-state index is -0.100. The molecule has 2 aromatic rings. The topological polar surface area (TPSA) is 59.0 Å². The average molecular weight is 341 g/mol. The van der Waals surface area contributed by atoms with Crippen molar-refractivity contribution in [3.63, 3.8) is 0 Å². The van der Waals surface area contributed by atoms with Gasteiger partial charge in [-0.3, -0.25) is 4.79 Å². The smallest absolute Gasteiger partial charge is 0.254 e. The summed E-state index contributed by atoms with van der Waals surface area (Å²) in [5, 5.41) is 11.1. The zero-order valence-electron chi connectivity index (χ0n) is 12.0. The van der Waals surface area contributed by atoms with E-state index in [1.807, 2.05) is 12.1 Å². The maximum Gasteiger partial charge on any atom is 0.254 e. The van der Waals surface area contributed by atoms with Gasteiger partial charge in [-0.25, -0.2) is 4.68 Å². The summed E-state index contributed by atoms with van der Waals surface area (Å²) in [5.41, 5.74) is 1.38. The van der Waals surface area contributed by atoms with Gasteiger partial charge >= 0.3 is 0 Å². The van der Waals surface area contributed by atoms with E-state index in [0.717, 1.165) is 18.7 Å². The first-order valence-corrected chi connectivity index (χ1v) is 7.42. The second-order valence-corrected chi connectivity index (χ2v) is 5.59. The third kappa shape index (κ3) is 4.00. The van der Waals surface area contributed by atoms with Gasteiger partial charge in [0.15, 0.2) is 0 Å². The number of aromatic nitrogens is 2. The minimum absolute atomic E-state index is 0. The van der Waals surface area contributed by atoms with Crippen LogP contribution in [0.15, 0.2) is 36.7 Å². The van der Waals surface area contributed by atoms with Gasteiger partial charge in [-0.15, -0.1) is 12.4 Å². The monoisotopic (exact) mass is 340 g/mol. The molecule has 1 aromatic carbocycles. The van der Waals surface area contributed by atoms with E-state index in [-0.39, 0.29) is 18.3 Å². The highest BCUT2D eigenvalue weighted by molar-refractivity contribution is 6.30. The largest absolute Gasteiger partial charge is 0.350 e. The van der Waals surface area contributed by atoms with Crippen molar-refractivity contribution in [1.29, 1.82) is 0 Å². The van der Waals surface area contributed by atoms with Gasteiger partial charge in [0.1, 0.15) is 0 Å². The number of hydrogen-bond acceptors (Lipinski definition) is 3. The molecule has 0 bridgehead atoms. The normalized spacial score (nSPS) is 17.0. The Bertz CT molecular complexity index is 638. The number of nitrogens with one attached hydrogen (secondary N) is 2. The Morgan fingerprint density at radius 2 is 2.36 bits per heavy atom. The quantitative estimate of drug-likeness (QED) is 0.898. The van der Waals surface area contributed by atoms with Gasteiger partial charge in [-0.05, 0) is 37.6 Å². The molecule has 1 aromatic heterocycles. The van der Waals surface area contributed by atoms with Crippen LogP contribution in [0, 0.1) is 0 Å². The lowest BCUT2D eigenvalue weighted by molar-refractivity contribution is 0.0950. The van der Waals surface area contributed by atoms with E-state index < -0.39 is 0 Å². The number of hydrogen-bond donors (Lipinski definition) is 2. The van der Waals surface area contributed by atoms with E-state index in [4.69, 9.17) is 11.6 Å². The third-order valence-electron chi connectivity index (χ3n) is 3.59. The van der Waals surface area contributed by atoms with Crippen LogP contribution in [0.1, 0.15) is 23.2 Å². The molecule has 2 heterocycles. The van der Waals surface area contributed by atoms with E-state index in [9.17, 15) is 4.79 Å². The molecule has 7 heteroatoms. The van der Waals surface area contributed by atoms with E-state index >= 15 is 0 Å². The molecule has 3 rings (SSSR count). The van der Waals surface area contributed by atoms with Crippen molar-refractivity contribution >= 4 is 29.9 Å². The van der Waals surface area contributed by atoms with Crippen LogP contribution in [0.5, 0.6) is 0 Å². The summed E-state index contributed by atoms with van der Waals surface area (Å²) in [4.78, 5) is 12.1. The Labute approximate surface area is 140 Å². The molecule has 1 fully saturated rings. The van der Waals surface area contributed by atoms with Crippen LogP contribution in [0.4, 0.5) is 0 Å². The Morgan fingerprint density at radius 3 is 3.09 bits per heavy atom. The molecule has 1 aliphatic heterocycles. The van der Waals surface area contributed by atoms with Crippen molar-refractivity contribution in [3.8, 4) is 5.69 Å². The second kappa shape index (κ2) is 7.63. The summed E-state index contributed by atoms with van der Waals surface area (Å²) in [6, 6.07) is 7.74. The number of amides is 1. The van der Waals surface area contributed by atoms with E-state index in [1.165, 1.54) is 6.42 Å². The molecule has 1 unspecified atom stereocenters. The molecule has 1 saturated heterocycles. The molecule has 0 aliphatic carbocycles. The van der Waals surface area contributed by atoms with Crippen molar-refractivity contribution < 1.29 is 4.79 Å². The van der Waals surface area contributed by atoms with E-state index in [2.05, 4.69) is 15.7 Å². The summed E-state index contributed by atoms with van der Waals surface area (Å²) >= 11 is 5.96. The number of carbonyl (C=O) groups excluding carboxylic acids is 1. The SMILES string of the molecule is Cl.O=C(NCC1CCCN1)c1cnn(-c2cccc(Cl)c2)c1. The lowest BCUT2D eigenvalue weighted by atomic mass is 10.2. The Morgan fingerprint density at radius 1 is 1.50 bits per heavy atom.